The Hall–Kier alpha value is -1.49. The van der Waals surface area contributed by atoms with Gasteiger partial charge in [0, 0.05) is 6.54 Å². The smallest absolute Gasteiger partial charge is 0.232 e. The molecule has 17 heavy (non-hydrogen) atoms. The van der Waals surface area contributed by atoms with Gasteiger partial charge in [0.15, 0.2) is 0 Å². The predicted molar refractivity (Wildman–Crippen MR) is 65.4 cm³/mol. The quantitative estimate of drug-likeness (QED) is 0.820. The van der Waals surface area contributed by atoms with Crippen LogP contribution in [0, 0.1) is 11.3 Å². The van der Waals surface area contributed by atoms with Crippen LogP contribution in [0.1, 0.15) is 20.3 Å². The summed E-state index contributed by atoms with van der Waals surface area (Å²) in [7, 11) is 0. The summed E-state index contributed by atoms with van der Waals surface area (Å²) < 4.78 is 0. The van der Waals surface area contributed by atoms with E-state index in [2.05, 4.69) is 34.4 Å². The Morgan fingerprint density at radius 1 is 1.47 bits per heavy atom. The third kappa shape index (κ3) is 2.29. The first-order chi connectivity index (χ1) is 8.15. The summed E-state index contributed by atoms with van der Waals surface area (Å²) in [6.07, 6.45) is 5.55. The molecule has 1 amide bonds. The average Bonchev–Trinajstić information content (AvgIpc) is 2.80. The number of nitrogens with zero attached hydrogens (tertiary/aromatic N) is 2. The molecule has 2 N–H and O–H groups in total. The fourth-order valence-corrected chi connectivity index (χ4v) is 2.28. The molecule has 0 spiro atoms. The highest BCUT2D eigenvalue weighted by Gasteiger charge is 2.43. The van der Waals surface area contributed by atoms with Gasteiger partial charge in [0.2, 0.25) is 5.91 Å². The normalized spacial score (nSPS) is 23.9. The molecule has 0 bridgehead atoms. The van der Waals surface area contributed by atoms with Gasteiger partial charge in [-0.25, -0.2) is 9.97 Å². The van der Waals surface area contributed by atoms with E-state index in [0.29, 0.717) is 11.6 Å². The molecule has 1 atom stereocenters. The highest BCUT2D eigenvalue weighted by atomic mass is 16.2. The lowest BCUT2D eigenvalue weighted by Crippen LogP contribution is -2.42. The number of nitrogens with one attached hydrogen (secondary N) is 2. The molecule has 5 nitrogen and oxygen atoms in total. The summed E-state index contributed by atoms with van der Waals surface area (Å²) in [4.78, 5) is 20.2. The van der Waals surface area contributed by atoms with Crippen molar-refractivity contribution >= 4 is 11.6 Å². The average molecular weight is 234 g/mol. The standard InChI is InChI=1S/C12H18N4O/c1-9(2)12(3-4-13-7-12)11(17)16-10-5-14-8-15-6-10/h5-6,8-9,13H,3-4,7H2,1-2H3,(H,16,17). The van der Waals surface area contributed by atoms with Crippen LogP contribution >= 0.6 is 0 Å². The Kier molecular flexibility index (Phi) is 3.38. The molecule has 92 valence electrons. The zero-order valence-corrected chi connectivity index (χ0v) is 10.2. The summed E-state index contributed by atoms with van der Waals surface area (Å²) in [5.74, 6) is 0.370. The third-order valence-corrected chi connectivity index (χ3v) is 3.56. The molecule has 0 aromatic carbocycles. The molecule has 1 aromatic rings. The number of hydrogen-bond acceptors (Lipinski definition) is 4. The molecule has 1 fully saturated rings. The fraction of sp³-hybridized carbons (Fsp3) is 0.583. The monoisotopic (exact) mass is 234 g/mol. The van der Waals surface area contributed by atoms with Crippen LogP contribution in [-0.4, -0.2) is 29.0 Å². The summed E-state index contributed by atoms with van der Waals surface area (Å²) in [6, 6.07) is 0. The van der Waals surface area contributed by atoms with E-state index < -0.39 is 0 Å². The highest BCUT2D eigenvalue weighted by molar-refractivity contribution is 5.95. The van der Waals surface area contributed by atoms with Gasteiger partial charge in [-0.15, -0.1) is 0 Å². The minimum Gasteiger partial charge on any atom is -0.323 e. The molecule has 0 radical (unpaired) electrons. The lowest BCUT2D eigenvalue weighted by Gasteiger charge is -2.30. The number of aromatic nitrogens is 2. The van der Waals surface area contributed by atoms with Crippen molar-refractivity contribution < 1.29 is 4.79 Å². The summed E-state index contributed by atoms with van der Waals surface area (Å²) >= 11 is 0. The van der Waals surface area contributed by atoms with Crippen molar-refractivity contribution in [3.63, 3.8) is 0 Å². The van der Waals surface area contributed by atoms with Gasteiger partial charge in [-0.1, -0.05) is 13.8 Å². The molecule has 2 rings (SSSR count). The van der Waals surface area contributed by atoms with Crippen molar-refractivity contribution in [2.45, 2.75) is 20.3 Å². The van der Waals surface area contributed by atoms with Crippen molar-refractivity contribution in [2.24, 2.45) is 11.3 Å². The van der Waals surface area contributed by atoms with E-state index in [1.165, 1.54) is 6.33 Å². The van der Waals surface area contributed by atoms with Gasteiger partial charge < -0.3 is 10.6 Å². The van der Waals surface area contributed by atoms with E-state index in [0.717, 1.165) is 19.5 Å². The maximum atomic E-state index is 12.4. The van der Waals surface area contributed by atoms with Crippen LogP contribution in [-0.2, 0) is 4.79 Å². The topological polar surface area (TPSA) is 66.9 Å². The number of rotatable bonds is 3. The molecule has 0 aliphatic carbocycles. The van der Waals surface area contributed by atoms with Crippen molar-refractivity contribution in [3.8, 4) is 0 Å². The molecule has 1 aliphatic heterocycles. The molecular formula is C12H18N4O. The number of amides is 1. The molecule has 2 heterocycles. The summed E-state index contributed by atoms with van der Waals surface area (Å²) in [6.45, 7) is 5.82. The SMILES string of the molecule is CC(C)C1(C(=O)Nc2cncnc2)CCNC1. The number of hydrogen-bond donors (Lipinski definition) is 2. The largest absolute Gasteiger partial charge is 0.323 e. The first-order valence-corrected chi connectivity index (χ1v) is 5.92. The Morgan fingerprint density at radius 3 is 2.71 bits per heavy atom. The lowest BCUT2D eigenvalue weighted by atomic mass is 9.75. The molecule has 1 saturated heterocycles. The minimum atomic E-state index is -0.310. The first-order valence-electron chi connectivity index (χ1n) is 5.92. The Labute approximate surface area is 101 Å². The van der Waals surface area contributed by atoms with Crippen molar-refractivity contribution in [2.75, 3.05) is 18.4 Å². The van der Waals surface area contributed by atoms with Crippen molar-refractivity contribution in [1.82, 2.24) is 15.3 Å². The van der Waals surface area contributed by atoms with Crippen LogP contribution in [0.3, 0.4) is 0 Å². The van der Waals surface area contributed by atoms with E-state index in [1.807, 2.05) is 0 Å². The van der Waals surface area contributed by atoms with Gasteiger partial charge in [-0.05, 0) is 18.9 Å². The van der Waals surface area contributed by atoms with E-state index >= 15 is 0 Å². The van der Waals surface area contributed by atoms with Crippen LogP contribution in [0.4, 0.5) is 5.69 Å². The Bertz CT molecular complexity index is 385. The number of carbonyl (C=O) groups is 1. The maximum absolute atomic E-state index is 12.4. The molecule has 5 heteroatoms. The number of anilines is 1. The number of carbonyl (C=O) groups excluding carboxylic acids is 1. The third-order valence-electron chi connectivity index (χ3n) is 3.56. The van der Waals surface area contributed by atoms with Gasteiger partial charge >= 0.3 is 0 Å². The predicted octanol–water partition coefficient (Wildman–Crippen LogP) is 1.05. The van der Waals surface area contributed by atoms with Gasteiger partial charge in [0.05, 0.1) is 23.5 Å². The van der Waals surface area contributed by atoms with Crippen molar-refractivity contribution in [3.05, 3.63) is 18.7 Å². The van der Waals surface area contributed by atoms with E-state index in [1.54, 1.807) is 12.4 Å². The van der Waals surface area contributed by atoms with Gasteiger partial charge in [-0.2, -0.15) is 0 Å². The van der Waals surface area contributed by atoms with Crippen molar-refractivity contribution in [1.29, 1.82) is 0 Å². The zero-order chi connectivity index (χ0) is 12.3. The Morgan fingerprint density at radius 2 is 2.18 bits per heavy atom. The molecule has 1 aliphatic rings. The minimum absolute atomic E-state index is 0.0623. The zero-order valence-electron chi connectivity index (χ0n) is 10.2. The second-order valence-corrected chi connectivity index (χ2v) is 4.82. The summed E-state index contributed by atoms with van der Waals surface area (Å²) in [5.41, 5.74) is 0.347. The Balaban J connectivity index is 2.13. The van der Waals surface area contributed by atoms with Crippen LogP contribution in [0.2, 0.25) is 0 Å². The first kappa shape index (κ1) is 12.0. The second-order valence-electron chi connectivity index (χ2n) is 4.82. The van der Waals surface area contributed by atoms with Crippen LogP contribution in [0.15, 0.2) is 18.7 Å². The van der Waals surface area contributed by atoms with E-state index in [9.17, 15) is 4.79 Å². The van der Waals surface area contributed by atoms with Gasteiger partial charge in [-0.3, -0.25) is 4.79 Å². The fourth-order valence-electron chi connectivity index (χ4n) is 2.28. The molecule has 1 aromatic heterocycles. The summed E-state index contributed by atoms with van der Waals surface area (Å²) in [5, 5.41) is 6.17. The van der Waals surface area contributed by atoms with Crippen LogP contribution < -0.4 is 10.6 Å². The second kappa shape index (κ2) is 4.79. The van der Waals surface area contributed by atoms with Gasteiger partial charge in [0.25, 0.3) is 0 Å². The van der Waals surface area contributed by atoms with E-state index in [-0.39, 0.29) is 11.3 Å². The van der Waals surface area contributed by atoms with E-state index in [4.69, 9.17) is 0 Å². The molecule has 0 saturated carbocycles. The van der Waals surface area contributed by atoms with Crippen LogP contribution in [0.5, 0.6) is 0 Å². The lowest BCUT2D eigenvalue weighted by molar-refractivity contribution is -0.126. The van der Waals surface area contributed by atoms with Crippen LogP contribution in [0.25, 0.3) is 0 Å². The molecular weight excluding hydrogens is 216 g/mol. The maximum Gasteiger partial charge on any atom is 0.232 e. The highest BCUT2D eigenvalue weighted by Crippen LogP contribution is 2.35. The molecule has 1 unspecified atom stereocenters. The van der Waals surface area contributed by atoms with Gasteiger partial charge in [0.1, 0.15) is 6.33 Å².